The van der Waals surface area contributed by atoms with E-state index in [1.54, 1.807) is 6.08 Å². The molecule has 0 fully saturated rings. The van der Waals surface area contributed by atoms with Gasteiger partial charge in [-0.25, -0.2) is 4.79 Å². The zero-order chi connectivity index (χ0) is 21.2. The molecule has 0 saturated carbocycles. The lowest BCUT2D eigenvalue weighted by Gasteiger charge is -2.21. The summed E-state index contributed by atoms with van der Waals surface area (Å²) in [5.74, 6) is -1.78. The summed E-state index contributed by atoms with van der Waals surface area (Å²) in [5, 5.41) is 13.1. The van der Waals surface area contributed by atoms with Crippen LogP contribution in [-0.2, 0) is 20.7 Å². The number of carbonyl (C=O) groups is 3. The summed E-state index contributed by atoms with van der Waals surface area (Å²) in [6.07, 6.45) is 0.849. The average molecular weight is 396 g/mol. The van der Waals surface area contributed by atoms with E-state index in [1.165, 1.54) is 0 Å². The van der Waals surface area contributed by atoms with E-state index >= 15 is 0 Å². The summed E-state index contributed by atoms with van der Waals surface area (Å²) in [7, 11) is 0. The van der Waals surface area contributed by atoms with Crippen molar-refractivity contribution >= 4 is 24.0 Å². The molecule has 0 radical (unpaired) electrons. The Morgan fingerprint density at radius 1 is 1.07 bits per heavy atom. The fourth-order valence-corrected chi connectivity index (χ4v) is 2.84. The first-order valence-corrected chi connectivity index (χ1v) is 9.09. The van der Waals surface area contributed by atoms with Gasteiger partial charge in [0.25, 0.3) is 0 Å². The molecule has 0 bridgehead atoms. The van der Waals surface area contributed by atoms with E-state index in [9.17, 15) is 14.4 Å². The van der Waals surface area contributed by atoms with Crippen molar-refractivity contribution in [1.29, 1.82) is 0 Å². The monoisotopic (exact) mass is 396 g/mol. The van der Waals surface area contributed by atoms with Crippen LogP contribution in [0.4, 0.5) is 4.79 Å². The maximum atomic E-state index is 12.3. The Kier molecular flexibility index (Phi) is 7.97. The molecule has 1 atom stereocenters. The highest BCUT2D eigenvalue weighted by atomic mass is 16.6. The molecule has 2 aromatic carbocycles. The predicted molar refractivity (Wildman–Crippen MR) is 109 cm³/mol. The molecule has 2 amide bonds. The van der Waals surface area contributed by atoms with Crippen molar-refractivity contribution in [3.05, 3.63) is 77.4 Å². The third kappa shape index (κ3) is 6.80. The molecule has 152 valence electrons. The summed E-state index contributed by atoms with van der Waals surface area (Å²) in [5.41, 5.74) is 3.75. The van der Waals surface area contributed by atoms with Crippen LogP contribution in [0.2, 0.25) is 0 Å². The highest BCUT2D eigenvalue weighted by Gasteiger charge is 2.20. The highest BCUT2D eigenvalue weighted by molar-refractivity contribution is 5.85. The van der Waals surface area contributed by atoms with Crippen LogP contribution in [0.15, 0.2) is 55.1 Å². The molecule has 3 N–H and O–H groups in total. The second kappa shape index (κ2) is 10.7. The minimum absolute atomic E-state index is 0.379. The van der Waals surface area contributed by atoms with E-state index in [0.29, 0.717) is 6.42 Å². The Hall–Kier alpha value is -3.61. The Morgan fingerprint density at radius 2 is 1.76 bits per heavy atom. The number of benzene rings is 2. The van der Waals surface area contributed by atoms with Crippen LogP contribution in [0.3, 0.4) is 0 Å². The molecule has 0 aliphatic heterocycles. The molecular formula is C22H24N2O5. The van der Waals surface area contributed by atoms with Crippen LogP contribution in [-0.4, -0.2) is 36.2 Å². The molecule has 0 spiro atoms. The number of nitrogens with one attached hydrogen (secondary N) is 2. The molecule has 2 aromatic rings. The number of hydrogen-bond donors (Lipinski definition) is 3. The molecule has 2 rings (SSSR count). The van der Waals surface area contributed by atoms with Crippen molar-refractivity contribution in [3.8, 4) is 0 Å². The zero-order valence-electron chi connectivity index (χ0n) is 16.2. The summed E-state index contributed by atoms with van der Waals surface area (Å²) in [6.45, 7) is 4.86. The molecule has 29 heavy (non-hydrogen) atoms. The minimum atomic E-state index is -1.17. The van der Waals surface area contributed by atoms with Gasteiger partial charge in [-0.2, -0.15) is 0 Å². The summed E-state index contributed by atoms with van der Waals surface area (Å²) in [6, 6.07) is 15.3. The van der Waals surface area contributed by atoms with Crippen LogP contribution >= 0.6 is 0 Å². The van der Waals surface area contributed by atoms with Crippen molar-refractivity contribution in [2.24, 2.45) is 0 Å². The molecule has 1 unspecified atom stereocenters. The second-order valence-corrected chi connectivity index (χ2v) is 6.38. The number of carbonyl (C=O) groups excluding carboxylic acids is 2. The second-order valence-electron chi connectivity index (χ2n) is 6.38. The predicted octanol–water partition coefficient (Wildman–Crippen LogP) is 2.85. The van der Waals surface area contributed by atoms with Crippen molar-refractivity contribution < 1.29 is 24.2 Å². The Morgan fingerprint density at radius 3 is 2.45 bits per heavy atom. The van der Waals surface area contributed by atoms with Gasteiger partial charge in [0.15, 0.2) is 0 Å². The van der Waals surface area contributed by atoms with Gasteiger partial charge in [-0.05, 0) is 29.2 Å². The number of carboxylic acids is 1. The standard InChI is InChI=1S/C22H24N2O5/c1-3-16-9-5-6-10-17(16)12-19(18-11-7-4-8-15(18)2)29-22(28)24-13-20(25)23-14-21(26)27/h3-11,19H,1,12-14H2,2H3,(H,23,25)(H,24,28)(H,26,27). The Balaban J connectivity index is 2.11. The summed E-state index contributed by atoms with van der Waals surface area (Å²) < 4.78 is 5.62. The number of ether oxygens (including phenoxy) is 1. The summed E-state index contributed by atoms with van der Waals surface area (Å²) >= 11 is 0. The zero-order valence-corrected chi connectivity index (χ0v) is 16.2. The maximum absolute atomic E-state index is 12.3. The van der Waals surface area contributed by atoms with Crippen molar-refractivity contribution in [1.82, 2.24) is 10.6 Å². The molecule has 0 heterocycles. The van der Waals surface area contributed by atoms with E-state index in [-0.39, 0.29) is 6.54 Å². The van der Waals surface area contributed by atoms with Gasteiger partial charge in [0, 0.05) is 6.42 Å². The van der Waals surface area contributed by atoms with Crippen molar-refractivity contribution in [2.75, 3.05) is 13.1 Å². The molecule has 0 aliphatic rings. The van der Waals surface area contributed by atoms with Crippen LogP contribution in [0, 0.1) is 6.92 Å². The SMILES string of the molecule is C=Cc1ccccc1CC(OC(=O)NCC(=O)NCC(=O)O)c1ccccc1C. The number of amides is 2. The van der Waals surface area contributed by atoms with Gasteiger partial charge in [0.1, 0.15) is 19.2 Å². The third-order valence-electron chi connectivity index (χ3n) is 4.30. The lowest BCUT2D eigenvalue weighted by atomic mass is 9.95. The molecule has 0 aliphatic carbocycles. The quantitative estimate of drug-likeness (QED) is 0.605. The van der Waals surface area contributed by atoms with E-state index < -0.39 is 30.6 Å². The first-order chi connectivity index (χ1) is 13.9. The molecule has 0 saturated heterocycles. The van der Waals surface area contributed by atoms with Gasteiger partial charge >= 0.3 is 12.1 Å². The van der Waals surface area contributed by atoms with Crippen LogP contribution in [0.5, 0.6) is 0 Å². The van der Waals surface area contributed by atoms with E-state index in [0.717, 1.165) is 22.3 Å². The maximum Gasteiger partial charge on any atom is 0.408 e. The van der Waals surface area contributed by atoms with Gasteiger partial charge in [-0.15, -0.1) is 0 Å². The van der Waals surface area contributed by atoms with Crippen molar-refractivity contribution in [3.63, 3.8) is 0 Å². The van der Waals surface area contributed by atoms with Gasteiger partial charge < -0.3 is 20.5 Å². The normalized spacial score (nSPS) is 11.2. The van der Waals surface area contributed by atoms with Gasteiger partial charge in [0.05, 0.1) is 0 Å². The highest BCUT2D eigenvalue weighted by Crippen LogP contribution is 2.27. The van der Waals surface area contributed by atoms with Gasteiger partial charge in [-0.1, -0.05) is 61.2 Å². The lowest BCUT2D eigenvalue weighted by molar-refractivity contribution is -0.137. The first kappa shape index (κ1) is 21.7. The number of alkyl carbamates (subject to hydrolysis) is 1. The van der Waals surface area contributed by atoms with Crippen molar-refractivity contribution in [2.45, 2.75) is 19.4 Å². The fourth-order valence-electron chi connectivity index (χ4n) is 2.84. The lowest BCUT2D eigenvalue weighted by Crippen LogP contribution is -2.39. The van der Waals surface area contributed by atoms with E-state index in [2.05, 4.69) is 17.2 Å². The largest absolute Gasteiger partial charge is 0.480 e. The molecular weight excluding hydrogens is 372 g/mol. The Labute approximate surface area is 169 Å². The fraction of sp³-hybridized carbons (Fsp3) is 0.227. The molecule has 0 aromatic heterocycles. The third-order valence-corrected chi connectivity index (χ3v) is 4.30. The van der Waals surface area contributed by atoms with Crippen LogP contribution < -0.4 is 10.6 Å². The average Bonchev–Trinajstić information content (AvgIpc) is 2.71. The number of carboxylic acid groups (broad SMARTS) is 1. The summed E-state index contributed by atoms with van der Waals surface area (Å²) in [4.78, 5) is 34.3. The van der Waals surface area contributed by atoms with E-state index in [1.807, 2.05) is 55.5 Å². The topological polar surface area (TPSA) is 105 Å². The van der Waals surface area contributed by atoms with Gasteiger partial charge in [-0.3, -0.25) is 9.59 Å². The van der Waals surface area contributed by atoms with Crippen LogP contribution in [0.25, 0.3) is 6.08 Å². The number of aliphatic carboxylic acids is 1. The van der Waals surface area contributed by atoms with Gasteiger partial charge in [0.2, 0.25) is 5.91 Å². The van der Waals surface area contributed by atoms with E-state index in [4.69, 9.17) is 9.84 Å². The minimum Gasteiger partial charge on any atom is -0.480 e. The first-order valence-electron chi connectivity index (χ1n) is 9.09. The molecule has 7 nitrogen and oxygen atoms in total. The number of rotatable bonds is 9. The molecule has 7 heteroatoms. The Bertz CT molecular complexity index is 894. The van der Waals surface area contributed by atoms with Crippen LogP contribution in [0.1, 0.15) is 28.4 Å². The number of hydrogen-bond acceptors (Lipinski definition) is 4. The number of aryl methyl sites for hydroxylation is 1. The smallest absolute Gasteiger partial charge is 0.408 e.